The van der Waals surface area contributed by atoms with Crippen LogP contribution in [0.3, 0.4) is 0 Å². The summed E-state index contributed by atoms with van der Waals surface area (Å²) in [6.07, 6.45) is 0. The van der Waals surface area contributed by atoms with Gasteiger partial charge in [-0.3, -0.25) is 14.5 Å². The highest BCUT2D eigenvalue weighted by molar-refractivity contribution is 5.92. The molecular weight excluding hydrogens is 389 g/mol. The van der Waals surface area contributed by atoms with E-state index in [1.165, 1.54) is 18.2 Å². The number of fused-ring (bicyclic) bond motifs is 1. The van der Waals surface area contributed by atoms with E-state index in [-0.39, 0.29) is 24.9 Å². The highest BCUT2D eigenvalue weighted by atomic mass is 19.1. The average molecular weight is 415 g/mol. The molecule has 0 aliphatic carbocycles. The molecular formula is C22H26FN3O4. The van der Waals surface area contributed by atoms with Crippen LogP contribution >= 0.6 is 0 Å². The number of anilines is 1. The number of benzene rings is 2. The van der Waals surface area contributed by atoms with Crippen molar-refractivity contribution in [1.29, 1.82) is 0 Å². The number of likely N-dealkylation sites (N-methyl/N-ethyl adjacent to an activating group) is 2. The summed E-state index contributed by atoms with van der Waals surface area (Å²) in [4.78, 5) is 28.2. The third kappa shape index (κ3) is 5.93. The van der Waals surface area contributed by atoms with Crippen LogP contribution in [0, 0.1) is 5.82 Å². The fraction of sp³-hybridized carbons (Fsp3) is 0.364. The monoisotopic (exact) mass is 415 g/mol. The number of nitrogens with zero attached hydrogens (tertiary/aromatic N) is 2. The molecule has 0 atom stereocenters. The molecule has 160 valence electrons. The lowest BCUT2D eigenvalue weighted by Crippen LogP contribution is -2.41. The van der Waals surface area contributed by atoms with E-state index >= 15 is 0 Å². The third-order valence-electron chi connectivity index (χ3n) is 4.64. The van der Waals surface area contributed by atoms with Gasteiger partial charge in [0.05, 0.1) is 13.1 Å². The molecule has 0 bridgehead atoms. The second-order valence-corrected chi connectivity index (χ2v) is 7.12. The number of carbonyl (C=O) groups excluding carboxylic acids is 2. The lowest BCUT2D eigenvalue weighted by atomic mass is 10.1. The van der Waals surface area contributed by atoms with Gasteiger partial charge in [-0.05, 0) is 49.9 Å². The summed E-state index contributed by atoms with van der Waals surface area (Å²) < 4.78 is 24.4. The minimum Gasteiger partial charge on any atom is -0.486 e. The van der Waals surface area contributed by atoms with E-state index < -0.39 is 5.82 Å². The van der Waals surface area contributed by atoms with Crippen molar-refractivity contribution in [3.8, 4) is 11.5 Å². The summed E-state index contributed by atoms with van der Waals surface area (Å²) in [6, 6.07) is 11.3. The van der Waals surface area contributed by atoms with Crippen LogP contribution in [0.1, 0.15) is 12.5 Å². The second-order valence-electron chi connectivity index (χ2n) is 7.12. The van der Waals surface area contributed by atoms with Crippen molar-refractivity contribution in [2.75, 3.05) is 45.2 Å². The van der Waals surface area contributed by atoms with Crippen LogP contribution in [0.5, 0.6) is 11.5 Å². The molecule has 0 saturated carbocycles. The van der Waals surface area contributed by atoms with Gasteiger partial charge in [-0.1, -0.05) is 12.1 Å². The Labute approximate surface area is 175 Å². The van der Waals surface area contributed by atoms with Crippen molar-refractivity contribution < 1.29 is 23.5 Å². The van der Waals surface area contributed by atoms with Crippen molar-refractivity contribution in [2.24, 2.45) is 0 Å². The van der Waals surface area contributed by atoms with Crippen molar-refractivity contribution in [3.63, 3.8) is 0 Å². The Morgan fingerprint density at radius 1 is 1.07 bits per heavy atom. The van der Waals surface area contributed by atoms with E-state index in [9.17, 15) is 14.0 Å². The van der Waals surface area contributed by atoms with Crippen molar-refractivity contribution in [2.45, 2.75) is 13.5 Å². The molecule has 30 heavy (non-hydrogen) atoms. The molecule has 0 unspecified atom stereocenters. The fourth-order valence-corrected chi connectivity index (χ4v) is 3.18. The van der Waals surface area contributed by atoms with Gasteiger partial charge in [0.2, 0.25) is 11.8 Å². The minimum atomic E-state index is -0.422. The number of rotatable bonds is 8. The van der Waals surface area contributed by atoms with Crippen molar-refractivity contribution in [3.05, 3.63) is 53.8 Å². The Morgan fingerprint density at radius 3 is 2.57 bits per heavy atom. The zero-order valence-electron chi connectivity index (χ0n) is 17.2. The van der Waals surface area contributed by atoms with Gasteiger partial charge in [0.15, 0.2) is 11.5 Å². The quantitative estimate of drug-likeness (QED) is 0.718. The van der Waals surface area contributed by atoms with E-state index in [1.54, 1.807) is 22.9 Å². The maximum atomic E-state index is 13.2. The summed E-state index contributed by atoms with van der Waals surface area (Å²) in [5.74, 6) is 0.574. The van der Waals surface area contributed by atoms with E-state index in [4.69, 9.17) is 9.47 Å². The number of amides is 2. The molecule has 0 spiro atoms. The van der Waals surface area contributed by atoms with Gasteiger partial charge in [0.25, 0.3) is 0 Å². The first kappa shape index (κ1) is 21.6. The van der Waals surface area contributed by atoms with E-state index in [1.807, 2.05) is 25.1 Å². The molecule has 0 aromatic heterocycles. The maximum absolute atomic E-state index is 13.2. The van der Waals surface area contributed by atoms with Crippen LogP contribution in [0.15, 0.2) is 42.5 Å². The van der Waals surface area contributed by atoms with Crippen LogP contribution in [-0.4, -0.2) is 61.5 Å². The number of hydrogen-bond acceptors (Lipinski definition) is 5. The van der Waals surface area contributed by atoms with Gasteiger partial charge in [0, 0.05) is 18.8 Å². The van der Waals surface area contributed by atoms with Gasteiger partial charge in [-0.15, -0.1) is 0 Å². The van der Waals surface area contributed by atoms with Crippen LogP contribution in [0.2, 0.25) is 0 Å². The molecule has 0 radical (unpaired) electrons. The van der Waals surface area contributed by atoms with Crippen LogP contribution < -0.4 is 14.8 Å². The molecule has 8 heteroatoms. The predicted molar refractivity (Wildman–Crippen MR) is 111 cm³/mol. The van der Waals surface area contributed by atoms with Crippen molar-refractivity contribution in [1.82, 2.24) is 9.80 Å². The van der Waals surface area contributed by atoms with Gasteiger partial charge >= 0.3 is 0 Å². The Balaban J connectivity index is 1.52. The van der Waals surface area contributed by atoms with E-state index in [2.05, 4.69) is 5.32 Å². The van der Waals surface area contributed by atoms with Crippen molar-refractivity contribution >= 4 is 17.5 Å². The summed E-state index contributed by atoms with van der Waals surface area (Å²) in [7, 11) is 1.70. The standard InChI is InChI=1S/C22H26FN3O4/c1-3-26(13-16-7-8-19-20(11-16)30-10-9-29-19)22(28)15-25(2)14-21(27)24-18-6-4-5-17(23)12-18/h4-8,11-12H,3,9-10,13-15H2,1-2H3,(H,24,27). The topological polar surface area (TPSA) is 71.1 Å². The lowest BCUT2D eigenvalue weighted by Gasteiger charge is -2.25. The third-order valence-corrected chi connectivity index (χ3v) is 4.64. The fourth-order valence-electron chi connectivity index (χ4n) is 3.18. The van der Waals surface area contributed by atoms with Crippen LogP contribution in [-0.2, 0) is 16.1 Å². The molecule has 1 N–H and O–H groups in total. The highest BCUT2D eigenvalue weighted by Gasteiger charge is 2.18. The van der Waals surface area contributed by atoms with Gasteiger partial charge in [-0.2, -0.15) is 0 Å². The number of hydrogen-bond donors (Lipinski definition) is 1. The second kappa shape index (κ2) is 10.1. The highest BCUT2D eigenvalue weighted by Crippen LogP contribution is 2.31. The minimum absolute atomic E-state index is 0.0177. The maximum Gasteiger partial charge on any atom is 0.238 e. The first-order valence-corrected chi connectivity index (χ1v) is 9.85. The molecule has 0 saturated heterocycles. The molecule has 0 fully saturated rings. The Hall–Kier alpha value is -3.13. The SMILES string of the molecule is CCN(Cc1ccc2c(c1)OCCO2)C(=O)CN(C)CC(=O)Nc1cccc(F)c1. The molecule has 1 aliphatic rings. The van der Waals surface area contributed by atoms with E-state index in [0.717, 1.165) is 5.56 Å². The number of ether oxygens (including phenoxy) is 2. The number of nitrogens with one attached hydrogen (secondary N) is 1. The summed E-state index contributed by atoms with van der Waals surface area (Å²) in [6.45, 7) is 4.04. The molecule has 2 aromatic carbocycles. The normalized spacial score (nSPS) is 12.5. The lowest BCUT2D eigenvalue weighted by molar-refractivity contribution is -0.132. The molecule has 1 aliphatic heterocycles. The smallest absolute Gasteiger partial charge is 0.238 e. The largest absolute Gasteiger partial charge is 0.486 e. The summed E-state index contributed by atoms with van der Waals surface area (Å²) in [5.41, 5.74) is 1.33. The Bertz CT molecular complexity index is 906. The van der Waals surface area contributed by atoms with Gasteiger partial charge < -0.3 is 19.7 Å². The Morgan fingerprint density at radius 2 is 1.83 bits per heavy atom. The Kier molecular flexibility index (Phi) is 7.24. The zero-order chi connectivity index (χ0) is 21.5. The number of halogens is 1. The zero-order valence-corrected chi connectivity index (χ0v) is 17.2. The van der Waals surface area contributed by atoms with Crippen LogP contribution in [0.25, 0.3) is 0 Å². The molecule has 3 rings (SSSR count). The summed E-state index contributed by atoms with van der Waals surface area (Å²) >= 11 is 0. The van der Waals surface area contributed by atoms with Crippen LogP contribution in [0.4, 0.5) is 10.1 Å². The molecule has 2 aromatic rings. The summed E-state index contributed by atoms with van der Waals surface area (Å²) in [5, 5.41) is 2.63. The van der Waals surface area contributed by atoms with Gasteiger partial charge in [-0.25, -0.2) is 4.39 Å². The first-order valence-electron chi connectivity index (χ1n) is 9.85. The average Bonchev–Trinajstić information content (AvgIpc) is 2.71. The predicted octanol–water partition coefficient (Wildman–Crippen LogP) is 2.52. The number of carbonyl (C=O) groups is 2. The molecule has 2 amide bonds. The van der Waals surface area contributed by atoms with E-state index in [0.29, 0.717) is 43.5 Å². The van der Waals surface area contributed by atoms with Gasteiger partial charge in [0.1, 0.15) is 19.0 Å². The first-order chi connectivity index (χ1) is 14.4. The molecule has 7 nitrogen and oxygen atoms in total. The molecule has 1 heterocycles.